The smallest absolute Gasteiger partial charge is 0.189 e. The second-order valence-electron chi connectivity index (χ2n) is 4.58. The van der Waals surface area contributed by atoms with Crippen LogP contribution in [-0.4, -0.2) is 29.3 Å². The summed E-state index contributed by atoms with van der Waals surface area (Å²) in [6.07, 6.45) is 5.25. The Bertz CT molecular complexity index is 210. The van der Waals surface area contributed by atoms with Crippen LogP contribution in [0.3, 0.4) is 0 Å². The van der Waals surface area contributed by atoms with Gasteiger partial charge in [0, 0.05) is 6.04 Å². The molecule has 0 aliphatic heterocycles. The van der Waals surface area contributed by atoms with Gasteiger partial charge in [-0.1, -0.05) is 12.8 Å². The van der Waals surface area contributed by atoms with Gasteiger partial charge in [-0.3, -0.25) is 4.99 Å². The quantitative estimate of drug-likeness (QED) is 0.482. The Morgan fingerprint density at radius 1 is 1.47 bits per heavy atom. The Hall–Kier alpha value is -0.770. The minimum Gasteiger partial charge on any atom is -0.393 e. The Morgan fingerprint density at radius 3 is 2.60 bits per heavy atom. The molecule has 15 heavy (non-hydrogen) atoms. The van der Waals surface area contributed by atoms with Crippen molar-refractivity contribution in [3.05, 3.63) is 0 Å². The number of aliphatic hydroxyl groups is 1. The van der Waals surface area contributed by atoms with Crippen molar-refractivity contribution in [2.24, 2.45) is 10.7 Å². The number of aliphatic hydroxyl groups excluding tert-OH is 1. The van der Waals surface area contributed by atoms with Crippen LogP contribution in [0.25, 0.3) is 0 Å². The van der Waals surface area contributed by atoms with Crippen LogP contribution in [-0.2, 0) is 0 Å². The molecule has 1 saturated carbocycles. The number of hydrogen-bond donors (Lipinski definition) is 3. The minimum absolute atomic E-state index is 0.176. The van der Waals surface area contributed by atoms with Crippen molar-refractivity contribution in [2.75, 3.05) is 0 Å². The lowest BCUT2D eigenvalue weighted by Gasteiger charge is -2.16. The van der Waals surface area contributed by atoms with Crippen molar-refractivity contribution in [2.45, 2.75) is 64.1 Å². The molecular formula is C11H23N3O. The first-order chi connectivity index (χ1) is 7.08. The van der Waals surface area contributed by atoms with Gasteiger partial charge in [-0.15, -0.1) is 0 Å². The molecule has 0 amide bonds. The van der Waals surface area contributed by atoms with Gasteiger partial charge in [0.15, 0.2) is 5.96 Å². The Balaban J connectivity index is 2.29. The predicted molar refractivity (Wildman–Crippen MR) is 62.8 cm³/mol. The molecule has 0 heterocycles. The van der Waals surface area contributed by atoms with Crippen LogP contribution in [0.4, 0.5) is 0 Å². The summed E-state index contributed by atoms with van der Waals surface area (Å²) in [5.41, 5.74) is 5.79. The fourth-order valence-electron chi connectivity index (χ4n) is 2.09. The average molecular weight is 213 g/mol. The van der Waals surface area contributed by atoms with Gasteiger partial charge in [0.1, 0.15) is 0 Å². The largest absolute Gasteiger partial charge is 0.393 e. The van der Waals surface area contributed by atoms with Crippen molar-refractivity contribution in [1.82, 2.24) is 5.32 Å². The summed E-state index contributed by atoms with van der Waals surface area (Å²) >= 11 is 0. The highest BCUT2D eigenvalue weighted by atomic mass is 16.3. The van der Waals surface area contributed by atoms with E-state index in [0.29, 0.717) is 18.4 Å². The van der Waals surface area contributed by atoms with Gasteiger partial charge in [0.2, 0.25) is 0 Å². The molecule has 0 aromatic carbocycles. The molecule has 1 aliphatic carbocycles. The van der Waals surface area contributed by atoms with Gasteiger partial charge in [-0.2, -0.15) is 0 Å². The van der Waals surface area contributed by atoms with E-state index in [0.717, 1.165) is 12.8 Å². The lowest BCUT2D eigenvalue weighted by Crippen LogP contribution is -2.40. The van der Waals surface area contributed by atoms with Crippen molar-refractivity contribution in [3.8, 4) is 0 Å². The second kappa shape index (κ2) is 5.95. The summed E-state index contributed by atoms with van der Waals surface area (Å²) in [5, 5.41) is 12.3. The maximum atomic E-state index is 9.20. The highest BCUT2D eigenvalue weighted by Crippen LogP contribution is 2.20. The number of aliphatic imine (C=N–C) groups is 1. The van der Waals surface area contributed by atoms with E-state index >= 15 is 0 Å². The number of rotatable bonds is 4. The third kappa shape index (κ3) is 5.02. The van der Waals surface area contributed by atoms with E-state index in [-0.39, 0.29) is 12.1 Å². The maximum absolute atomic E-state index is 9.20. The first-order valence-electron chi connectivity index (χ1n) is 5.86. The van der Waals surface area contributed by atoms with Gasteiger partial charge >= 0.3 is 0 Å². The molecular weight excluding hydrogens is 190 g/mol. The number of hydrogen-bond acceptors (Lipinski definition) is 2. The van der Waals surface area contributed by atoms with E-state index in [1.807, 2.05) is 6.92 Å². The summed E-state index contributed by atoms with van der Waals surface area (Å²) in [6.45, 7) is 3.78. The highest BCUT2D eigenvalue weighted by molar-refractivity contribution is 5.78. The van der Waals surface area contributed by atoms with Crippen molar-refractivity contribution in [1.29, 1.82) is 0 Å². The Morgan fingerprint density at radius 2 is 2.07 bits per heavy atom. The van der Waals surface area contributed by atoms with E-state index in [9.17, 15) is 5.11 Å². The summed E-state index contributed by atoms with van der Waals surface area (Å²) in [7, 11) is 0. The molecule has 2 atom stereocenters. The van der Waals surface area contributed by atoms with Gasteiger partial charge in [-0.05, 0) is 33.1 Å². The number of guanidine groups is 1. The monoisotopic (exact) mass is 213 g/mol. The Kier molecular flexibility index (Phi) is 4.88. The summed E-state index contributed by atoms with van der Waals surface area (Å²) in [6, 6.07) is 0.589. The van der Waals surface area contributed by atoms with E-state index in [4.69, 9.17) is 5.73 Å². The lowest BCUT2D eigenvalue weighted by molar-refractivity contribution is 0.174. The number of nitrogens with two attached hydrogens (primary N) is 1. The van der Waals surface area contributed by atoms with Crippen molar-refractivity contribution in [3.63, 3.8) is 0 Å². The van der Waals surface area contributed by atoms with E-state index < -0.39 is 0 Å². The van der Waals surface area contributed by atoms with Gasteiger partial charge in [0.05, 0.1) is 12.1 Å². The third-order valence-corrected chi connectivity index (χ3v) is 2.74. The molecule has 0 aromatic rings. The van der Waals surface area contributed by atoms with Crippen LogP contribution in [0, 0.1) is 0 Å². The molecule has 88 valence electrons. The molecule has 0 bridgehead atoms. The van der Waals surface area contributed by atoms with Crippen LogP contribution in [0.5, 0.6) is 0 Å². The summed E-state index contributed by atoms with van der Waals surface area (Å²) in [5.74, 6) is 0.523. The zero-order valence-corrected chi connectivity index (χ0v) is 9.74. The summed E-state index contributed by atoms with van der Waals surface area (Å²) in [4.78, 5) is 4.42. The Labute approximate surface area is 92.0 Å². The maximum Gasteiger partial charge on any atom is 0.189 e. The molecule has 0 spiro atoms. The van der Waals surface area contributed by atoms with Gasteiger partial charge in [0.25, 0.3) is 0 Å². The minimum atomic E-state index is -0.299. The molecule has 4 heteroatoms. The molecule has 1 aliphatic rings. The molecule has 4 N–H and O–H groups in total. The molecule has 0 radical (unpaired) electrons. The molecule has 1 fully saturated rings. The van der Waals surface area contributed by atoms with Crippen molar-refractivity contribution < 1.29 is 5.11 Å². The SMILES string of the molecule is CC(O)CC(C)NC(N)=NC1CCCC1. The third-order valence-electron chi connectivity index (χ3n) is 2.74. The van der Waals surface area contributed by atoms with Crippen LogP contribution in [0.15, 0.2) is 4.99 Å². The first kappa shape index (κ1) is 12.3. The van der Waals surface area contributed by atoms with Gasteiger partial charge < -0.3 is 16.2 Å². The number of nitrogens with zero attached hydrogens (tertiary/aromatic N) is 1. The van der Waals surface area contributed by atoms with Gasteiger partial charge in [-0.25, -0.2) is 0 Å². The first-order valence-corrected chi connectivity index (χ1v) is 5.86. The lowest BCUT2D eigenvalue weighted by atomic mass is 10.1. The molecule has 0 aromatic heterocycles. The normalized spacial score (nSPS) is 22.7. The zero-order valence-electron chi connectivity index (χ0n) is 9.74. The molecule has 0 saturated heterocycles. The number of nitrogens with one attached hydrogen (secondary N) is 1. The van der Waals surface area contributed by atoms with Crippen LogP contribution < -0.4 is 11.1 Å². The van der Waals surface area contributed by atoms with Crippen molar-refractivity contribution >= 4 is 5.96 Å². The second-order valence-corrected chi connectivity index (χ2v) is 4.58. The fourth-order valence-corrected chi connectivity index (χ4v) is 2.09. The van der Waals surface area contributed by atoms with Crippen LogP contribution >= 0.6 is 0 Å². The van der Waals surface area contributed by atoms with Crippen LogP contribution in [0.1, 0.15) is 46.0 Å². The standard InChI is InChI=1S/C11H23N3O/c1-8(7-9(2)15)13-11(12)14-10-5-3-4-6-10/h8-10,15H,3-7H2,1-2H3,(H3,12,13,14). The van der Waals surface area contributed by atoms with Crippen LogP contribution in [0.2, 0.25) is 0 Å². The molecule has 1 rings (SSSR count). The van der Waals surface area contributed by atoms with E-state index in [1.165, 1.54) is 12.8 Å². The van der Waals surface area contributed by atoms with E-state index in [1.54, 1.807) is 6.92 Å². The highest BCUT2D eigenvalue weighted by Gasteiger charge is 2.14. The zero-order chi connectivity index (χ0) is 11.3. The average Bonchev–Trinajstić information content (AvgIpc) is 2.53. The summed E-state index contributed by atoms with van der Waals surface area (Å²) < 4.78 is 0. The van der Waals surface area contributed by atoms with E-state index in [2.05, 4.69) is 10.3 Å². The molecule has 2 unspecified atom stereocenters. The molecule has 4 nitrogen and oxygen atoms in total. The fraction of sp³-hybridized carbons (Fsp3) is 0.909. The predicted octanol–water partition coefficient (Wildman–Crippen LogP) is 0.993. The topological polar surface area (TPSA) is 70.6 Å².